The van der Waals surface area contributed by atoms with Crippen LogP contribution in [0, 0.1) is 5.92 Å². The lowest BCUT2D eigenvalue weighted by atomic mass is 9.85. The summed E-state index contributed by atoms with van der Waals surface area (Å²) in [5, 5.41) is 34.6. The summed E-state index contributed by atoms with van der Waals surface area (Å²) in [6.45, 7) is 0. The van der Waals surface area contributed by atoms with Crippen LogP contribution in [0.1, 0.15) is 6.42 Å². The van der Waals surface area contributed by atoms with Gasteiger partial charge < -0.3 is 25.2 Å². The first-order valence-corrected chi connectivity index (χ1v) is 3.64. The summed E-state index contributed by atoms with van der Waals surface area (Å²) in [6.07, 6.45) is -0.889. The fraction of sp³-hybridized carbons (Fsp3) is 0.429. The summed E-state index contributed by atoms with van der Waals surface area (Å²) in [4.78, 5) is 41.5. The lowest BCUT2D eigenvalue weighted by Gasteiger charge is -2.23. The van der Waals surface area contributed by atoms with E-state index in [0.717, 1.165) is 0 Å². The van der Waals surface area contributed by atoms with Gasteiger partial charge in [0, 0.05) is 6.42 Å². The first kappa shape index (κ1) is 13.0. The number of rotatable bonds is 6. The molecule has 8 heteroatoms. The van der Waals surface area contributed by atoms with Gasteiger partial charge in [-0.05, 0) is 0 Å². The zero-order valence-electron chi connectivity index (χ0n) is 7.28. The maximum Gasteiger partial charge on any atom is 0.348 e. The number of carboxylic acids is 3. The van der Waals surface area contributed by atoms with Gasteiger partial charge in [0.15, 0.2) is 0 Å². The summed E-state index contributed by atoms with van der Waals surface area (Å²) in [7, 11) is 0. The predicted octanol–water partition coefficient (Wildman–Crippen LogP) is -1.82. The standard InChI is InChI=1S/C7H8O8/c8-2-1-3(4(9)10)7(15,5(11)12)6(13)14/h2-3,15H,1H2,(H,9,10)(H,11,12)(H,13,14). The van der Waals surface area contributed by atoms with Gasteiger partial charge in [0.05, 0.1) is 0 Å². The van der Waals surface area contributed by atoms with Gasteiger partial charge in [-0.3, -0.25) is 4.79 Å². The van der Waals surface area contributed by atoms with Crippen LogP contribution in [0.4, 0.5) is 0 Å². The summed E-state index contributed by atoms with van der Waals surface area (Å²) in [6, 6.07) is 0. The topological polar surface area (TPSA) is 149 Å². The lowest BCUT2D eigenvalue weighted by Crippen LogP contribution is -2.55. The smallest absolute Gasteiger partial charge is 0.348 e. The molecule has 0 amide bonds. The van der Waals surface area contributed by atoms with E-state index in [1.807, 2.05) is 0 Å². The van der Waals surface area contributed by atoms with Crippen molar-refractivity contribution < 1.29 is 39.6 Å². The Balaban J connectivity index is 5.37. The van der Waals surface area contributed by atoms with E-state index in [2.05, 4.69) is 0 Å². The van der Waals surface area contributed by atoms with Gasteiger partial charge in [-0.1, -0.05) is 0 Å². The molecule has 0 fully saturated rings. The zero-order valence-corrected chi connectivity index (χ0v) is 7.28. The van der Waals surface area contributed by atoms with E-state index in [9.17, 15) is 24.3 Å². The van der Waals surface area contributed by atoms with Crippen LogP contribution >= 0.6 is 0 Å². The van der Waals surface area contributed by atoms with E-state index < -0.39 is 35.8 Å². The molecule has 0 aromatic carbocycles. The Bertz CT molecular complexity index is 292. The van der Waals surface area contributed by atoms with Gasteiger partial charge in [-0.2, -0.15) is 0 Å². The van der Waals surface area contributed by atoms with Crippen molar-refractivity contribution in [2.45, 2.75) is 12.0 Å². The van der Waals surface area contributed by atoms with Crippen molar-refractivity contribution in [3.8, 4) is 0 Å². The molecule has 1 atom stereocenters. The molecule has 0 aliphatic heterocycles. The summed E-state index contributed by atoms with van der Waals surface area (Å²) in [5.41, 5.74) is -3.51. The number of hydrogen-bond donors (Lipinski definition) is 4. The maximum atomic E-state index is 10.5. The number of aliphatic hydroxyl groups is 1. The molecule has 0 aliphatic carbocycles. The highest BCUT2D eigenvalue weighted by Crippen LogP contribution is 2.21. The summed E-state index contributed by atoms with van der Waals surface area (Å²) < 4.78 is 0. The number of carboxylic acid groups (broad SMARTS) is 3. The average Bonchev–Trinajstić information content (AvgIpc) is 2.11. The second kappa shape index (κ2) is 4.51. The number of aldehydes is 1. The zero-order chi connectivity index (χ0) is 12.2. The highest BCUT2D eigenvalue weighted by molar-refractivity contribution is 6.05. The van der Waals surface area contributed by atoms with Gasteiger partial charge in [0.1, 0.15) is 12.2 Å². The van der Waals surface area contributed by atoms with Crippen LogP contribution in [0.3, 0.4) is 0 Å². The van der Waals surface area contributed by atoms with Gasteiger partial charge >= 0.3 is 17.9 Å². The van der Waals surface area contributed by atoms with E-state index in [4.69, 9.17) is 15.3 Å². The maximum absolute atomic E-state index is 10.5. The number of carbonyl (C=O) groups is 4. The molecule has 0 aromatic rings. The minimum atomic E-state index is -3.51. The molecule has 8 nitrogen and oxygen atoms in total. The van der Waals surface area contributed by atoms with Crippen LogP contribution in [-0.2, 0) is 19.2 Å². The molecule has 84 valence electrons. The Kier molecular flexibility index (Phi) is 3.92. The highest BCUT2D eigenvalue weighted by Gasteiger charge is 2.55. The second-order valence-electron chi connectivity index (χ2n) is 2.67. The van der Waals surface area contributed by atoms with E-state index in [1.165, 1.54) is 0 Å². The SMILES string of the molecule is O=CCC(C(=O)O)C(O)(C(=O)O)C(=O)O. The summed E-state index contributed by atoms with van der Waals surface area (Å²) >= 11 is 0. The predicted molar refractivity (Wildman–Crippen MR) is 42.0 cm³/mol. The molecule has 4 N–H and O–H groups in total. The van der Waals surface area contributed by atoms with Crippen molar-refractivity contribution in [1.29, 1.82) is 0 Å². The fourth-order valence-corrected chi connectivity index (χ4v) is 0.936. The Morgan fingerprint density at radius 3 is 1.73 bits per heavy atom. The van der Waals surface area contributed by atoms with Crippen LogP contribution in [0.25, 0.3) is 0 Å². The number of aliphatic carboxylic acids is 3. The van der Waals surface area contributed by atoms with Crippen LogP contribution in [0.15, 0.2) is 0 Å². The van der Waals surface area contributed by atoms with Crippen molar-refractivity contribution in [1.82, 2.24) is 0 Å². The second-order valence-corrected chi connectivity index (χ2v) is 2.67. The van der Waals surface area contributed by atoms with E-state index in [-0.39, 0.29) is 6.29 Å². The molecule has 0 heterocycles. The Hall–Kier alpha value is -1.96. The number of hydrogen-bond acceptors (Lipinski definition) is 5. The highest BCUT2D eigenvalue weighted by atomic mass is 16.5. The first-order valence-electron chi connectivity index (χ1n) is 3.64. The molecule has 1 unspecified atom stereocenters. The molecular formula is C7H8O8. The third-order valence-electron chi connectivity index (χ3n) is 1.79. The van der Waals surface area contributed by atoms with E-state index in [1.54, 1.807) is 0 Å². The van der Waals surface area contributed by atoms with E-state index >= 15 is 0 Å². The van der Waals surface area contributed by atoms with Crippen LogP contribution < -0.4 is 0 Å². The van der Waals surface area contributed by atoms with Crippen LogP contribution in [0.5, 0.6) is 0 Å². The fourth-order valence-electron chi connectivity index (χ4n) is 0.936. The third-order valence-corrected chi connectivity index (χ3v) is 1.79. The number of carbonyl (C=O) groups excluding carboxylic acids is 1. The Morgan fingerprint density at radius 2 is 1.53 bits per heavy atom. The molecule has 0 saturated carbocycles. The average molecular weight is 220 g/mol. The minimum Gasteiger partial charge on any atom is -0.481 e. The van der Waals surface area contributed by atoms with Crippen LogP contribution in [-0.4, -0.2) is 50.2 Å². The van der Waals surface area contributed by atoms with E-state index in [0.29, 0.717) is 0 Å². The first-order chi connectivity index (χ1) is 6.78. The molecule has 15 heavy (non-hydrogen) atoms. The molecular weight excluding hydrogens is 212 g/mol. The molecule has 0 aromatic heterocycles. The van der Waals surface area contributed by atoms with Crippen LogP contribution in [0.2, 0.25) is 0 Å². The molecule has 0 rings (SSSR count). The quantitative estimate of drug-likeness (QED) is 0.301. The van der Waals surface area contributed by atoms with Crippen molar-refractivity contribution in [2.75, 3.05) is 0 Å². The molecule has 0 saturated heterocycles. The summed E-state index contributed by atoms with van der Waals surface area (Å²) in [5.74, 6) is -8.58. The third kappa shape index (κ3) is 2.29. The van der Waals surface area contributed by atoms with Gasteiger partial charge in [-0.15, -0.1) is 0 Å². The van der Waals surface area contributed by atoms with Gasteiger partial charge in [0.2, 0.25) is 0 Å². The Morgan fingerprint density at radius 1 is 1.13 bits per heavy atom. The monoisotopic (exact) mass is 220 g/mol. The lowest BCUT2D eigenvalue weighted by molar-refractivity contribution is -0.188. The molecule has 0 radical (unpaired) electrons. The van der Waals surface area contributed by atoms with Crippen molar-refractivity contribution in [2.24, 2.45) is 5.92 Å². The largest absolute Gasteiger partial charge is 0.481 e. The van der Waals surface area contributed by atoms with Gasteiger partial charge in [-0.25, -0.2) is 9.59 Å². The Labute approximate surface area is 82.8 Å². The molecule has 0 aliphatic rings. The van der Waals surface area contributed by atoms with Crippen molar-refractivity contribution in [3.05, 3.63) is 0 Å². The van der Waals surface area contributed by atoms with Crippen molar-refractivity contribution >= 4 is 24.2 Å². The van der Waals surface area contributed by atoms with Gasteiger partial charge in [0.25, 0.3) is 5.60 Å². The minimum absolute atomic E-state index is 0.0234. The normalized spacial score (nSPS) is 12.9. The molecule has 0 spiro atoms. The van der Waals surface area contributed by atoms with Crippen molar-refractivity contribution in [3.63, 3.8) is 0 Å². The molecule has 0 bridgehead atoms.